The third kappa shape index (κ3) is 5.93. The lowest BCUT2D eigenvalue weighted by molar-refractivity contribution is -0.780. The summed E-state index contributed by atoms with van der Waals surface area (Å²) in [6.07, 6.45) is 14.0. The van der Waals surface area contributed by atoms with E-state index in [9.17, 15) is 5.11 Å². The molecule has 0 amide bonds. The summed E-state index contributed by atoms with van der Waals surface area (Å²) in [5.41, 5.74) is 4.91. The number of aryl methyl sites for hydroxylation is 1. The SMILES string of the molecule is CCCCCC[n+]1c(C=C2C(=NC)C(C=C3Sc4ccccc4[NH+]3CCCCCC)=C2[O-])sc2ccccc21. The molecule has 1 aliphatic heterocycles. The number of quaternary nitrogens is 1. The second-order valence-corrected chi connectivity index (χ2v) is 12.5. The highest BCUT2D eigenvalue weighted by Gasteiger charge is 2.33. The van der Waals surface area contributed by atoms with Crippen LogP contribution in [-0.4, -0.2) is 19.3 Å². The summed E-state index contributed by atoms with van der Waals surface area (Å²) in [5.74, 6) is 0.111. The molecule has 0 saturated carbocycles. The van der Waals surface area contributed by atoms with Gasteiger partial charge < -0.3 is 5.11 Å². The number of hydrogen-bond donors (Lipinski definition) is 1. The molecule has 3 aromatic rings. The Morgan fingerprint density at radius 2 is 1.64 bits per heavy atom. The van der Waals surface area contributed by atoms with Gasteiger partial charge in [0.1, 0.15) is 4.70 Å². The monoisotopic (exact) mass is 558 g/mol. The minimum atomic E-state index is 0.111. The molecule has 2 aliphatic rings. The number of nitrogens with zero attached hydrogens (tertiary/aromatic N) is 2. The van der Waals surface area contributed by atoms with Crippen LogP contribution in [0.2, 0.25) is 0 Å². The first-order valence-corrected chi connectivity index (χ1v) is 16.2. The standard InChI is InChI=1S/C33H39N3OS2/c1-4-6-8-14-20-35-26-16-10-12-18-28(26)38-30(35)22-24-32(34-3)25(33(24)37)23-31-36(21-15-9-7-5-2)27-17-11-13-19-29(27)39-31/h10-13,16-19,22-23H,4-9,14-15,20-21H2,1-3H3/p+1. The highest BCUT2D eigenvalue weighted by Crippen LogP contribution is 2.39. The van der Waals surface area contributed by atoms with Gasteiger partial charge in [-0.15, -0.1) is 0 Å². The molecule has 0 bridgehead atoms. The average molecular weight is 559 g/mol. The summed E-state index contributed by atoms with van der Waals surface area (Å²) in [7, 11) is 1.81. The van der Waals surface area contributed by atoms with Gasteiger partial charge in [-0.05, 0) is 48.7 Å². The van der Waals surface area contributed by atoms with Crippen LogP contribution in [-0.2, 0) is 6.54 Å². The van der Waals surface area contributed by atoms with Crippen LogP contribution < -0.4 is 14.6 Å². The summed E-state index contributed by atoms with van der Waals surface area (Å²) in [6, 6.07) is 17.2. The van der Waals surface area contributed by atoms with Crippen LogP contribution in [0.3, 0.4) is 0 Å². The molecule has 1 atom stereocenters. The van der Waals surface area contributed by atoms with Gasteiger partial charge >= 0.3 is 0 Å². The fraction of sp³-hybridized carbons (Fsp3) is 0.394. The average Bonchev–Trinajstić information content (AvgIpc) is 3.49. The van der Waals surface area contributed by atoms with E-state index < -0.39 is 0 Å². The number of aromatic nitrogens is 1. The van der Waals surface area contributed by atoms with Gasteiger partial charge in [0.2, 0.25) is 5.52 Å². The molecule has 39 heavy (non-hydrogen) atoms. The Labute approximate surface area is 241 Å². The lowest BCUT2D eigenvalue weighted by Crippen LogP contribution is -3.03. The van der Waals surface area contributed by atoms with Crippen LogP contribution in [0.15, 0.2) is 86.4 Å². The predicted octanol–water partition coefficient (Wildman–Crippen LogP) is 6.60. The van der Waals surface area contributed by atoms with E-state index in [0.29, 0.717) is 0 Å². The van der Waals surface area contributed by atoms with E-state index in [2.05, 4.69) is 84.1 Å². The van der Waals surface area contributed by atoms with E-state index in [1.54, 1.807) is 23.1 Å². The zero-order valence-corrected chi connectivity index (χ0v) is 25.1. The third-order valence-electron chi connectivity index (χ3n) is 7.65. The summed E-state index contributed by atoms with van der Waals surface area (Å²) < 4.78 is 3.65. The molecule has 0 radical (unpaired) electrons. The van der Waals surface area contributed by atoms with Crippen molar-refractivity contribution in [1.29, 1.82) is 0 Å². The molecule has 1 N–H and O–H groups in total. The van der Waals surface area contributed by atoms with E-state index in [1.807, 2.05) is 7.05 Å². The summed E-state index contributed by atoms with van der Waals surface area (Å²) in [6.45, 7) is 6.53. The Bertz CT molecular complexity index is 1450. The highest BCUT2D eigenvalue weighted by atomic mass is 32.2. The van der Waals surface area contributed by atoms with E-state index in [0.717, 1.165) is 41.4 Å². The minimum Gasteiger partial charge on any atom is -0.872 e. The lowest BCUT2D eigenvalue weighted by Gasteiger charge is -2.32. The molecule has 204 valence electrons. The molecule has 5 rings (SSSR count). The fourth-order valence-electron chi connectivity index (χ4n) is 5.51. The van der Waals surface area contributed by atoms with Crippen molar-refractivity contribution in [2.45, 2.75) is 76.7 Å². The maximum absolute atomic E-state index is 13.6. The summed E-state index contributed by atoms with van der Waals surface area (Å²) in [5, 5.41) is 15.9. The van der Waals surface area contributed by atoms with Gasteiger partial charge in [-0.3, -0.25) is 9.89 Å². The van der Waals surface area contributed by atoms with Crippen LogP contribution >= 0.6 is 23.1 Å². The van der Waals surface area contributed by atoms with Crippen LogP contribution in [0.25, 0.3) is 16.3 Å². The number of thiazole rings is 1. The highest BCUT2D eigenvalue weighted by molar-refractivity contribution is 8.03. The maximum Gasteiger partial charge on any atom is 0.263 e. The number of allylic oxidation sites excluding steroid dienone is 3. The van der Waals surface area contributed by atoms with Gasteiger partial charge in [-0.2, -0.15) is 4.57 Å². The number of nitrogens with one attached hydrogen (secondary N) is 1. The molecular weight excluding hydrogens is 519 g/mol. The normalized spacial score (nSPS) is 20.0. The molecule has 0 saturated heterocycles. The van der Waals surface area contributed by atoms with E-state index in [-0.39, 0.29) is 5.76 Å². The van der Waals surface area contributed by atoms with Gasteiger partial charge in [-0.1, -0.05) is 80.9 Å². The number of rotatable bonds is 12. The van der Waals surface area contributed by atoms with Crippen molar-refractivity contribution < 1.29 is 14.6 Å². The first kappa shape index (κ1) is 27.9. The van der Waals surface area contributed by atoms with Crippen LogP contribution in [0.1, 0.15) is 70.2 Å². The first-order valence-electron chi connectivity index (χ1n) is 14.5. The van der Waals surface area contributed by atoms with Gasteiger partial charge in [-0.25, -0.2) is 0 Å². The van der Waals surface area contributed by atoms with Gasteiger partial charge in [0, 0.05) is 43.3 Å². The second-order valence-electron chi connectivity index (χ2n) is 10.4. The van der Waals surface area contributed by atoms with Crippen LogP contribution in [0.4, 0.5) is 5.69 Å². The lowest BCUT2D eigenvalue weighted by atomic mass is 9.86. The number of hydrogen-bond acceptors (Lipinski definition) is 4. The molecule has 1 aliphatic carbocycles. The number of benzene rings is 2. The molecule has 1 unspecified atom stereocenters. The van der Waals surface area contributed by atoms with Crippen molar-refractivity contribution in [3.63, 3.8) is 0 Å². The third-order valence-corrected chi connectivity index (χ3v) is 9.92. The molecule has 6 heteroatoms. The second kappa shape index (κ2) is 13.1. The first-order chi connectivity index (χ1) is 19.2. The molecule has 1 aromatic heterocycles. The Morgan fingerprint density at radius 1 is 0.897 bits per heavy atom. The van der Waals surface area contributed by atoms with Crippen LogP contribution in [0, 0.1) is 0 Å². The predicted molar refractivity (Wildman–Crippen MR) is 165 cm³/mol. The number of aliphatic imine (C=N–C) groups is 1. The largest absolute Gasteiger partial charge is 0.872 e. The Kier molecular flexibility index (Phi) is 9.38. The van der Waals surface area contributed by atoms with E-state index in [1.165, 1.54) is 75.7 Å². The quantitative estimate of drug-likeness (QED) is 0.201. The minimum absolute atomic E-state index is 0.111. The van der Waals surface area contributed by atoms with Crippen LogP contribution in [0.5, 0.6) is 0 Å². The maximum atomic E-state index is 13.6. The van der Waals surface area contributed by atoms with Crippen molar-refractivity contribution in [3.05, 3.63) is 81.5 Å². The molecule has 0 spiro atoms. The zero-order chi connectivity index (χ0) is 27.2. The van der Waals surface area contributed by atoms with Gasteiger partial charge in [0.15, 0.2) is 17.3 Å². The smallest absolute Gasteiger partial charge is 0.263 e. The Balaban J connectivity index is 1.45. The molecule has 0 fully saturated rings. The van der Waals surface area contributed by atoms with Crippen molar-refractivity contribution >= 4 is 50.8 Å². The topological polar surface area (TPSA) is 43.7 Å². The molecule has 2 heterocycles. The van der Waals surface area contributed by atoms with E-state index in [4.69, 9.17) is 0 Å². The van der Waals surface area contributed by atoms with Crippen molar-refractivity contribution in [3.8, 4) is 0 Å². The van der Waals surface area contributed by atoms with Crippen molar-refractivity contribution in [2.24, 2.45) is 4.99 Å². The van der Waals surface area contributed by atoms with Gasteiger partial charge in [0.25, 0.3) is 5.01 Å². The number of unbranched alkanes of at least 4 members (excludes halogenated alkanes) is 6. The Hall–Kier alpha value is -2.67. The van der Waals surface area contributed by atoms with Crippen molar-refractivity contribution in [2.75, 3.05) is 13.6 Å². The number of para-hydroxylation sites is 2. The van der Waals surface area contributed by atoms with Gasteiger partial charge in [0.05, 0.1) is 17.2 Å². The summed E-state index contributed by atoms with van der Waals surface area (Å²) in [4.78, 5) is 7.28. The summed E-state index contributed by atoms with van der Waals surface area (Å²) >= 11 is 3.56. The molecule has 2 aromatic carbocycles. The number of thioether (sulfide) groups is 1. The molecular formula is C33H40N3OS2+. The Morgan fingerprint density at radius 3 is 2.44 bits per heavy atom. The zero-order valence-electron chi connectivity index (χ0n) is 23.5. The fourth-order valence-corrected chi connectivity index (χ4v) is 7.84. The molecule has 4 nitrogen and oxygen atoms in total. The number of fused-ring (bicyclic) bond motifs is 2. The van der Waals surface area contributed by atoms with E-state index >= 15 is 0 Å². The van der Waals surface area contributed by atoms with Crippen molar-refractivity contribution in [1.82, 2.24) is 0 Å².